The largest absolute Gasteiger partial charge is 0.304 e. The van der Waals surface area contributed by atoms with Crippen LogP contribution in [0.1, 0.15) is 25.0 Å². The topological polar surface area (TPSA) is 23.6 Å². The van der Waals surface area contributed by atoms with E-state index in [2.05, 4.69) is 15.9 Å². The summed E-state index contributed by atoms with van der Waals surface area (Å²) in [6, 6.07) is 13.9. The first-order chi connectivity index (χ1) is 11.2. The van der Waals surface area contributed by atoms with Gasteiger partial charge in [0.2, 0.25) is 0 Å². The molecule has 3 nitrogen and oxygen atoms in total. The Morgan fingerprint density at radius 1 is 1.00 bits per heavy atom. The summed E-state index contributed by atoms with van der Waals surface area (Å²) in [6.07, 6.45) is 0. The lowest BCUT2D eigenvalue weighted by molar-refractivity contribution is -0.120. The second-order valence-corrected chi connectivity index (χ2v) is 7.81. The molecule has 2 aromatic rings. The fraction of sp³-hybridized carbons (Fsp3) is 0.263. The lowest BCUT2D eigenvalue weighted by Gasteiger charge is -2.29. The summed E-state index contributed by atoms with van der Waals surface area (Å²) in [7, 11) is 0. The standard InChI is InChI=1S/C19H19BrN2OS/c1-12-5-8-14(9-6-12)22-18(24)21(17(23)19(22,3)4)15-10-7-13(2)16(20)11-15/h5-11H,1-4H3. The molecule has 2 aromatic carbocycles. The number of aryl methyl sites for hydroxylation is 2. The molecule has 3 rings (SSSR count). The molecule has 1 aliphatic heterocycles. The van der Waals surface area contributed by atoms with Gasteiger partial charge in [-0.15, -0.1) is 0 Å². The molecular weight excluding hydrogens is 384 g/mol. The molecule has 0 spiro atoms. The summed E-state index contributed by atoms with van der Waals surface area (Å²) >= 11 is 9.21. The molecule has 1 heterocycles. The molecule has 1 amide bonds. The van der Waals surface area contributed by atoms with Crippen LogP contribution in [0.3, 0.4) is 0 Å². The number of carbonyl (C=O) groups is 1. The van der Waals surface area contributed by atoms with Crippen molar-refractivity contribution in [3.05, 3.63) is 58.1 Å². The number of amides is 1. The molecule has 5 heteroatoms. The van der Waals surface area contributed by atoms with Gasteiger partial charge in [-0.3, -0.25) is 9.69 Å². The van der Waals surface area contributed by atoms with Crippen molar-refractivity contribution in [2.45, 2.75) is 33.2 Å². The first-order valence-corrected chi connectivity index (χ1v) is 8.95. The van der Waals surface area contributed by atoms with E-state index in [1.807, 2.05) is 75.1 Å². The lowest BCUT2D eigenvalue weighted by Crippen LogP contribution is -2.44. The van der Waals surface area contributed by atoms with Gasteiger partial charge in [-0.05, 0) is 69.7 Å². The second-order valence-electron chi connectivity index (χ2n) is 6.59. The Labute approximate surface area is 156 Å². The number of anilines is 2. The molecular formula is C19H19BrN2OS. The molecule has 1 aliphatic rings. The van der Waals surface area contributed by atoms with Crippen molar-refractivity contribution in [3.8, 4) is 0 Å². The normalized spacial score (nSPS) is 16.9. The van der Waals surface area contributed by atoms with E-state index in [-0.39, 0.29) is 5.91 Å². The number of thiocarbonyl (C=S) groups is 1. The molecule has 1 fully saturated rings. The minimum absolute atomic E-state index is 0.0242. The minimum Gasteiger partial charge on any atom is -0.304 e. The van der Waals surface area contributed by atoms with Crippen LogP contribution in [0.2, 0.25) is 0 Å². The molecule has 0 saturated carbocycles. The summed E-state index contributed by atoms with van der Waals surface area (Å²) in [5.41, 5.74) is 3.27. The Balaban J connectivity index is 2.07. The van der Waals surface area contributed by atoms with Gasteiger partial charge < -0.3 is 4.90 Å². The van der Waals surface area contributed by atoms with Crippen LogP contribution in [-0.2, 0) is 4.79 Å². The maximum absolute atomic E-state index is 13.1. The third-order valence-corrected chi connectivity index (χ3v) is 5.59. The van der Waals surface area contributed by atoms with Crippen LogP contribution in [0.25, 0.3) is 0 Å². The van der Waals surface area contributed by atoms with Crippen LogP contribution in [0.5, 0.6) is 0 Å². The quantitative estimate of drug-likeness (QED) is 0.661. The molecule has 24 heavy (non-hydrogen) atoms. The predicted molar refractivity (Wildman–Crippen MR) is 107 cm³/mol. The van der Waals surface area contributed by atoms with Crippen LogP contribution in [-0.4, -0.2) is 16.6 Å². The van der Waals surface area contributed by atoms with Gasteiger partial charge >= 0.3 is 0 Å². The monoisotopic (exact) mass is 402 g/mol. The molecule has 0 N–H and O–H groups in total. The van der Waals surface area contributed by atoms with E-state index in [1.54, 1.807) is 4.90 Å². The average molecular weight is 403 g/mol. The first-order valence-electron chi connectivity index (χ1n) is 7.75. The maximum Gasteiger partial charge on any atom is 0.259 e. The zero-order valence-corrected chi connectivity index (χ0v) is 16.5. The van der Waals surface area contributed by atoms with Gasteiger partial charge in [0, 0.05) is 10.2 Å². The summed E-state index contributed by atoms with van der Waals surface area (Å²) in [5.74, 6) is -0.0242. The van der Waals surface area contributed by atoms with Crippen LogP contribution in [0, 0.1) is 13.8 Å². The van der Waals surface area contributed by atoms with Crippen molar-refractivity contribution < 1.29 is 4.79 Å². The van der Waals surface area contributed by atoms with Gasteiger partial charge in [0.15, 0.2) is 5.11 Å². The third kappa shape index (κ3) is 2.66. The van der Waals surface area contributed by atoms with Crippen molar-refractivity contribution in [3.63, 3.8) is 0 Å². The van der Waals surface area contributed by atoms with E-state index in [0.29, 0.717) is 5.11 Å². The van der Waals surface area contributed by atoms with Gasteiger partial charge in [-0.2, -0.15) is 0 Å². The second kappa shape index (κ2) is 5.97. The van der Waals surface area contributed by atoms with Crippen molar-refractivity contribution in [1.29, 1.82) is 0 Å². The van der Waals surface area contributed by atoms with Gasteiger partial charge in [-0.1, -0.05) is 39.7 Å². The number of hydrogen-bond donors (Lipinski definition) is 0. The summed E-state index contributed by atoms with van der Waals surface area (Å²) in [6.45, 7) is 7.87. The SMILES string of the molecule is Cc1ccc(N2C(=S)N(c3ccc(C)c(Br)c3)C(=O)C2(C)C)cc1. The van der Waals surface area contributed by atoms with Crippen molar-refractivity contribution >= 4 is 50.5 Å². The highest BCUT2D eigenvalue weighted by atomic mass is 79.9. The Kier molecular flexibility index (Phi) is 4.26. The average Bonchev–Trinajstić information content (AvgIpc) is 2.70. The molecule has 0 aliphatic carbocycles. The lowest BCUT2D eigenvalue weighted by atomic mass is 10.0. The predicted octanol–water partition coefficient (Wildman–Crippen LogP) is 4.98. The summed E-state index contributed by atoms with van der Waals surface area (Å²) < 4.78 is 0.960. The van der Waals surface area contributed by atoms with Crippen molar-refractivity contribution in [2.24, 2.45) is 0 Å². The van der Waals surface area contributed by atoms with Crippen LogP contribution in [0.4, 0.5) is 11.4 Å². The molecule has 124 valence electrons. The van der Waals surface area contributed by atoms with E-state index in [9.17, 15) is 4.79 Å². The third-order valence-electron chi connectivity index (χ3n) is 4.37. The van der Waals surface area contributed by atoms with E-state index in [1.165, 1.54) is 5.56 Å². The first kappa shape index (κ1) is 17.1. The zero-order valence-electron chi connectivity index (χ0n) is 14.1. The Morgan fingerprint density at radius 3 is 2.17 bits per heavy atom. The van der Waals surface area contributed by atoms with E-state index >= 15 is 0 Å². The van der Waals surface area contributed by atoms with Gasteiger partial charge in [0.1, 0.15) is 5.54 Å². The van der Waals surface area contributed by atoms with Crippen molar-refractivity contribution in [2.75, 3.05) is 9.80 Å². The Bertz CT molecular complexity index is 830. The van der Waals surface area contributed by atoms with E-state index in [4.69, 9.17) is 12.2 Å². The smallest absolute Gasteiger partial charge is 0.259 e. The number of hydrogen-bond acceptors (Lipinski definition) is 2. The van der Waals surface area contributed by atoms with Gasteiger partial charge in [0.05, 0.1) is 5.69 Å². The summed E-state index contributed by atoms with van der Waals surface area (Å²) in [5, 5.41) is 0.504. The maximum atomic E-state index is 13.1. The Hall–Kier alpha value is -1.72. The fourth-order valence-corrected chi connectivity index (χ4v) is 3.76. The van der Waals surface area contributed by atoms with Crippen LogP contribution < -0.4 is 9.80 Å². The Morgan fingerprint density at radius 2 is 1.58 bits per heavy atom. The number of nitrogens with zero attached hydrogens (tertiary/aromatic N) is 2. The van der Waals surface area contributed by atoms with Crippen LogP contribution in [0.15, 0.2) is 46.9 Å². The number of halogens is 1. The van der Waals surface area contributed by atoms with Crippen LogP contribution >= 0.6 is 28.1 Å². The zero-order chi connectivity index (χ0) is 17.6. The highest BCUT2D eigenvalue weighted by Gasteiger charge is 2.50. The highest BCUT2D eigenvalue weighted by Crippen LogP contribution is 2.37. The number of carbonyl (C=O) groups excluding carboxylic acids is 1. The summed E-state index contributed by atoms with van der Waals surface area (Å²) in [4.78, 5) is 16.6. The molecule has 0 atom stereocenters. The van der Waals surface area contributed by atoms with Gasteiger partial charge in [-0.25, -0.2) is 0 Å². The minimum atomic E-state index is -0.732. The molecule has 1 saturated heterocycles. The van der Waals surface area contributed by atoms with Gasteiger partial charge in [0.25, 0.3) is 5.91 Å². The number of rotatable bonds is 2. The molecule has 0 aromatic heterocycles. The fourth-order valence-electron chi connectivity index (χ4n) is 2.87. The number of benzene rings is 2. The molecule has 0 bridgehead atoms. The molecule has 0 unspecified atom stereocenters. The van der Waals surface area contributed by atoms with Crippen molar-refractivity contribution in [1.82, 2.24) is 0 Å². The van der Waals surface area contributed by atoms with E-state index < -0.39 is 5.54 Å². The highest BCUT2D eigenvalue weighted by molar-refractivity contribution is 9.10. The van der Waals surface area contributed by atoms with E-state index in [0.717, 1.165) is 21.4 Å². The molecule has 0 radical (unpaired) electrons.